The number of benzene rings is 2. The summed E-state index contributed by atoms with van der Waals surface area (Å²) in [6.45, 7) is 9.92. The molecule has 0 fully saturated rings. The van der Waals surface area contributed by atoms with Gasteiger partial charge in [0.25, 0.3) is 0 Å². The van der Waals surface area contributed by atoms with Gasteiger partial charge in [0, 0.05) is 0 Å². The molecule has 1 N–H and O–H groups in total. The summed E-state index contributed by atoms with van der Waals surface area (Å²) in [7, 11) is 0. The van der Waals surface area contributed by atoms with E-state index in [1.54, 1.807) is 12.1 Å². The molecule has 0 amide bonds. The standard InChI is InChI=1S/C19H21NO2/c1-5-6-14-10-17(20-22)19(18(21)11-14)16-9-13(4)7-8-15(16)12(2)3/h7-11,21H,2,5-6H2,1,3-4H3. The first-order valence-electron chi connectivity index (χ1n) is 7.44. The van der Waals surface area contributed by atoms with E-state index >= 15 is 0 Å². The van der Waals surface area contributed by atoms with Gasteiger partial charge in [0.1, 0.15) is 11.4 Å². The zero-order chi connectivity index (χ0) is 16.3. The van der Waals surface area contributed by atoms with Crippen LogP contribution in [-0.4, -0.2) is 5.11 Å². The minimum Gasteiger partial charge on any atom is -0.507 e. The summed E-state index contributed by atoms with van der Waals surface area (Å²) in [5.74, 6) is 0.0913. The molecule has 0 radical (unpaired) electrons. The summed E-state index contributed by atoms with van der Waals surface area (Å²) in [6.07, 6.45) is 1.75. The maximum Gasteiger partial charge on any atom is 0.126 e. The van der Waals surface area contributed by atoms with Gasteiger partial charge in [-0.15, -0.1) is 4.91 Å². The Balaban J connectivity index is 2.74. The molecular weight excluding hydrogens is 274 g/mol. The van der Waals surface area contributed by atoms with Crippen LogP contribution in [0, 0.1) is 11.8 Å². The summed E-state index contributed by atoms with van der Waals surface area (Å²) in [6, 6.07) is 9.38. The molecule has 0 aliphatic heterocycles. The predicted octanol–water partition coefficient (Wildman–Crippen LogP) is 5.75. The number of nitroso groups, excluding NO2 is 1. The lowest BCUT2D eigenvalue weighted by molar-refractivity contribution is 0.476. The van der Waals surface area contributed by atoms with Crippen LogP contribution in [0.2, 0.25) is 0 Å². The highest BCUT2D eigenvalue weighted by Crippen LogP contribution is 2.42. The van der Waals surface area contributed by atoms with Crippen LogP contribution in [-0.2, 0) is 6.42 Å². The second-order valence-corrected chi connectivity index (χ2v) is 5.68. The molecule has 0 aliphatic carbocycles. The molecule has 0 spiro atoms. The van der Waals surface area contributed by atoms with E-state index in [4.69, 9.17) is 0 Å². The van der Waals surface area contributed by atoms with Gasteiger partial charge in [-0.05, 0) is 54.3 Å². The van der Waals surface area contributed by atoms with Crippen LogP contribution < -0.4 is 0 Å². The van der Waals surface area contributed by atoms with Crippen molar-refractivity contribution in [3.63, 3.8) is 0 Å². The summed E-state index contributed by atoms with van der Waals surface area (Å²) in [5, 5.41) is 13.6. The van der Waals surface area contributed by atoms with E-state index in [0.29, 0.717) is 5.56 Å². The van der Waals surface area contributed by atoms with Gasteiger partial charge >= 0.3 is 0 Å². The van der Waals surface area contributed by atoms with Crippen molar-refractivity contribution in [3.05, 3.63) is 58.5 Å². The third-order valence-electron chi connectivity index (χ3n) is 3.70. The molecule has 2 rings (SSSR count). The number of aromatic hydroxyl groups is 1. The van der Waals surface area contributed by atoms with Crippen LogP contribution in [0.4, 0.5) is 5.69 Å². The van der Waals surface area contributed by atoms with Crippen molar-refractivity contribution in [1.82, 2.24) is 0 Å². The smallest absolute Gasteiger partial charge is 0.126 e. The van der Waals surface area contributed by atoms with Crippen LogP contribution in [0.15, 0.2) is 42.1 Å². The molecule has 0 saturated heterocycles. The third kappa shape index (κ3) is 3.08. The third-order valence-corrected chi connectivity index (χ3v) is 3.70. The van der Waals surface area contributed by atoms with Gasteiger partial charge in [-0.2, -0.15) is 0 Å². The van der Waals surface area contributed by atoms with E-state index in [1.165, 1.54) is 0 Å². The Morgan fingerprint density at radius 3 is 2.59 bits per heavy atom. The van der Waals surface area contributed by atoms with Gasteiger partial charge in [0.15, 0.2) is 0 Å². The highest BCUT2D eigenvalue weighted by atomic mass is 16.3. The van der Waals surface area contributed by atoms with E-state index in [1.807, 2.05) is 32.0 Å². The zero-order valence-corrected chi connectivity index (χ0v) is 13.3. The molecule has 22 heavy (non-hydrogen) atoms. The molecule has 2 aromatic rings. The van der Waals surface area contributed by atoms with Crippen molar-refractivity contribution in [3.8, 4) is 16.9 Å². The van der Waals surface area contributed by atoms with Gasteiger partial charge in [0.05, 0.1) is 5.56 Å². The molecular formula is C19H21NO2. The number of aryl methyl sites for hydroxylation is 2. The van der Waals surface area contributed by atoms with Crippen molar-refractivity contribution in [2.24, 2.45) is 5.18 Å². The number of phenolic OH excluding ortho intramolecular Hbond substituents is 1. The maximum absolute atomic E-state index is 11.3. The normalized spacial score (nSPS) is 10.5. The largest absolute Gasteiger partial charge is 0.507 e. The summed E-state index contributed by atoms with van der Waals surface area (Å²) < 4.78 is 0. The Morgan fingerprint density at radius 2 is 2.00 bits per heavy atom. The van der Waals surface area contributed by atoms with Gasteiger partial charge in [-0.25, -0.2) is 0 Å². The first kappa shape index (κ1) is 16.0. The van der Waals surface area contributed by atoms with Crippen molar-refractivity contribution >= 4 is 11.3 Å². The quantitative estimate of drug-likeness (QED) is 0.714. The fourth-order valence-corrected chi connectivity index (χ4v) is 2.69. The minimum absolute atomic E-state index is 0.0913. The van der Waals surface area contributed by atoms with E-state index in [9.17, 15) is 10.0 Å². The second-order valence-electron chi connectivity index (χ2n) is 5.68. The SMILES string of the molecule is C=C(C)c1ccc(C)cc1-c1c(O)cc(CCC)cc1N=O. The number of hydrogen-bond donors (Lipinski definition) is 1. The lowest BCUT2D eigenvalue weighted by Crippen LogP contribution is -1.92. The average Bonchev–Trinajstić information content (AvgIpc) is 2.46. The van der Waals surface area contributed by atoms with Crippen molar-refractivity contribution < 1.29 is 5.11 Å². The van der Waals surface area contributed by atoms with Crippen LogP contribution >= 0.6 is 0 Å². The molecule has 114 valence electrons. The summed E-state index contributed by atoms with van der Waals surface area (Å²) in [4.78, 5) is 11.3. The fourth-order valence-electron chi connectivity index (χ4n) is 2.69. The summed E-state index contributed by atoms with van der Waals surface area (Å²) >= 11 is 0. The zero-order valence-electron chi connectivity index (χ0n) is 13.3. The monoisotopic (exact) mass is 295 g/mol. The highest BCUT2D eigenvalue weighted by molar-refractivity contribution is 5.89. The van der Waals surface area contributed by atoms with E-state index in [-0.39, 0.29) is 11.4 Å². The molecule has 0 atom stereocenters. The Morgan fingerprint density at radius 1 is 1.27 bits per heavy atom. The van der Waals surface area contributed by atoms with Crippen molar-refractivity contribution in [2.75, 3.05) is 0 Å². The molecule has 3 nitrogen and oxygen atoms in total. The topological polar surface area (TPSA) is 49.7 Å². The van der Waals surface area contributed by atoms with Crippen molar-refractivity contribution in [1.29, 1.82) is 0 Å². The Labute approximate surface area is 131 Å². The molecule has 0 aliphatic rings. The van der Waals surface area contributed by atoms with Crippen LogP contribution in [0.1, 0.15) is 37.0 Å². The van der Waals surface area contributed by atoms with Gasteiger partial charge in [-0.3, -0.25) is 0 Å². The van der Waals surface area contributed by atoms with E-state index < -0.39 is 0 Å². The lowest BCUT2D eigenvalue weighted by Gasteiger charge is -2.15. The van der Waals surface area contributed by atoms with Gasteiger partial charge in [-0.1, -0.05) is 49.3 Å². The fraction of sp³-hybridized carbons (Fsp3) is 0.263. The second kappa shape index (κ2) is 6.56. The Hall–Kier alpha value is -2.42. The molecule has 2 aromatic carbocycles. The van der Waals surface area contributed by atoms with Gasteiger partial charge in [0.2, 0.25) is 0 Å². The number of rotatable bonds is 5. The number of hydrogen-bond acceptors (Lipinski definition) is 3. The molecule has 3 heteroatoms. The first-order chi connectivity index (χ1) is 10.5. The Kier molecular flexibility index (Phi) is 4.76. The molecule has 0 heterocycles. The number of phenols is 1. The Bertz CT molecular complexity index is 732. The molecule has 0 bridgehead atoms. The van der Waals surface area contributed by atoms with Crippen LogP contribution in [0.5, 0.6) is 5.75 Å². The molecule has 0 aromatic heterocycles. The van der Waals surface area contributed by atoms with Crippen molar-refractivity contribution in [2.45, 2.75) is 33.6 Å². The number of allylic oxidation sites excluding steroid dienone is 1. The van der Waals surface area contributed by atoms with Crippen LogP contribution in [0.25, 0.3) is 16.7 Å². The average molecular weight is 295 g/mol. The van der Waals surface area contributed by atoms with Gasteiger partial charge < -0.3 is 5.11 Å². The van der Waals surface area contributed by atoms with Crippen LogP contribution in [0.3, 0.4) is 0 Å². The predicted molar refractivity (Wildman–Crippen MR) is 92.4 cm³/mol. The minimum atomic E-state index is 0.0913. The lowest BCUT2D eigenvalue weighted by atomic mass is 9.91. The number of nitrogens with zero attached hydrogens (tertiary/aromatic N) is 1. The molecule has 0 saturated carbocycles. The maximum atomic E-state index is 11.3. The highest BCUT2D eigenvalue weighted by Gasteiger charge is 2.17. The first-order valence-corrected chi connectivity index (χ1v) is 7.44. The van der Waals surface area contributed by atoms with E-state index in [2.05, 4.69) is 18.7 Å². The van der Waals surface area contributed by atoms with E-state index in [0.717, 1.165) is 40.7 Å². The molecule has 0 unspecified atom stereocenters. The summed E-state index contributed by atoms with van der Waals surface area (Å²) in [5.41, 5.74) is 5.31.